The molecule has 1 aliphatic rings. The number of nitrogens with zero attached hydrogens (tertiary/aromatic N) is 3. The smallest absolute Gasteiger partial charge is 0.410 e. The van der Waals surface area contributed by atoms with E-state index in [-0.39, 0.29) is 18.6 Å². The highest BCUT2D eigenvalue weighted by atomic mass is 32.2. The summed E-state index contributed by atoms with van der Waals surface area (Å²) in [7, 11) is 0. The lowest BCUT2D eigenvalue weighted by Gasteiger charge is -2.32. The van der Waals surface area contributed by atoms with Crippen molar-refractivity contribution in [2.45, 2.75) is 56.6 Å². The van der Waals surface area contributed by atoms with Crippen LogP contribution in [-0.4, -0.2) is 46.1 Å². The number of likely N-dealkylation sites (tertiary alicyclic amines) is 1. The van der Waals surface area contributed by atoms with Gasteiger partial charge in [-0.1, -0.05) is 5.16 Å². The maximum absolute atomic E-state index is 12.2. The van der Waals surface area contributed by atoms with Gasteiger partial charge in [0.25, 0.3) is 0 Å². The largest absolute Gasteiger partial charge is 0.485 e. The average Bonchev–Trinajstić information content (AvgIpc) is 3.14. The number of carbonyl (C=O) groups excluding carboxylic acids is 1. The molecular formula is C20H27N3O4S. The molecule has 1 aromatic carbocycles. The monoisotopic (exact) mass is 405 g/mol. The van der Waals surface area contributed by atoms with Crippen LogP contribution < -0.4 is 4.74 Å². The Morgan fingerprint density at radius 2 is 1.93 bits per heavy atom. The summed E-state index contributed by atoms with van der Waals surface area (Å²) in [5, 5.41) is 4.02. The number of rotatable bonds is 5. The number of aromatic nitrogens is 2. The summed E-state index contributed by atoms with van der Waals surface area (Å²) in [5.41, 5.74) is -0.481. The van der Waals surface area contributed by atoms with Crippen LogP contribution in [0.5, 0.6) is 5.75 Å². The minimum atomic E-state index is -0.481. The highest BCUT2D eigenvalue weighted by Gasteiger charge is 2.30. The van der Waals surface area contributed by atoms with Gasteiger partial charge >= 0.3 is 6.09 Å². The van der Waals surface area contributed by atoms with Gasteiger partial charge in [-0.2, -0.15) is 4.98 Å². The van der Waals surface area contributed by atoms with E-state index in [0.717, 1.165) is 18.6 Å². The third kappa shape index (κ3) is 5.64. The van der Waals surface area contributed by atoms with Gasteiger partial charge in [0.1, 0.15) is 11.4 Å². The van der Waals surface area contributed by atoms with Gasteiger partial charge in [-0.25, -0.2) is 4.79 Å². The number of carbonyl (C=O) groups is 1. The fraction of sp³-hybridized carbons (Fsp3) is 0.550. The van der Waals surface area contributed by atoms with E-state index in [9.17, 15) is 4.79 Å². The topological polar surface area (TPSA) is 77.7 Å². The number of benzene rings is 1. The fourth-order valence-electron chi connectivity index (χ4n) is 2.95. The van der Waals surface area contributed by atoms with Crippen molar-refractivity contribution < 1.29 is 18.8 Å². The summed E-state index contributed by atoms with van der Waals surface area (Å²) in [6.07, 6.45) is 3.32. The molecule has 0 radical (unpaired) electrons. The molecule has 0 spiro atoms. The van der Waals surface area contributed by atoms with Crippen molar-refractivity contribution in [3.05, 3.63) is 36.0 Å². The van der Waals surface area contributed by atoms with Crippen LogP contribution in [0.1, 0.15) is 51.2 Å². The number of thioether (sulfide) groups is 1. The standard InChI is InChI=1S/C20H27N3O4S/c1-20(2,3)26-19(24)23-11-9-14(10-12-23)18-21-17(22-27-18)13-25-15-5-7-16(28-4)8-6-15/h5-8,14H,9-13H2,1-4H3. The molecule has 2 aromatic rings. The average molecular weight is 406 g/mol. The molecule has 0 atom stereocenters. The van der Waals surface area contributed by atoms with Crippen LogP contribution in [0, 0.1) is 0 Å². The molecule has 0 saturated carbocycles. The molecule has 3 rings (SSSR count). The summed E-state index contributed by atoms with van der Waals surface area (Å²) in [4.78, 5) is 19.5. The Kier molecular flexibility index (Phi) is 6.49. The van der Waals surface area contributed by atoms with E-state index in [4.69, 9.17) is 14.0 Å². The minimum Gasteiger partial charge on any atom is -0.485 e. The SMILES string of the molecule is CSc1ccc(OCc2noc(C3CCN(C(=O)OC(C)(C)C)CC3)n2)cc1. The highest BCUT2D eigenvalue weighted by Crippen LogP contribution is 2.28. The van der Waals surface area contributed by atoms with E-state index in [1.54, 1.807) is 16.7 Å². The summed E-state index contributed by atoms with van der Waals surface area (Å²) in [5.74, 6) is 2.06. The van der Waals surface area contributed by atoms with Gasteiger partial charge in [0.15, 0.2) is 6.61 Å². The Labute approximate surface area is 169 Å². The zero-order chi connectivity index (χ0) is 20.1. The fourth-order valence-corrected chi connectivity index (χ4v) is 3.36. The third-order valence-corrected chi connectivity index (χ3v) is 5.15. The van der Waals surface area contributed by atoms with Crippen LogP contribution >= 0.6 is 11.8 Å². The van der Waals surface area contributed by atoms with Crippen molar-refractivity contribution in [1.29, 1.82) is 0 Å². The Morgan fingerprint density at radius 3 is 2.54 bits per heavy atom. The lowest BCUT2D eigenvalue weighted by atomic mass is 9.97. The number of amides is 1. The molecule has 2 heterocycles. The Balaban J connectivity index is 1.48. The first-order valence-corrected chi connectivity index (χ1v) is 10.6. The normalized spacial score (nSPS) is 15.5. The molecule has 1 fully saturated rings. The maximum atomic E-state index is 12.2. The van der Waals surface area contributed by atoms with Crippen molar-refractivity contribution in [2.24, 2.45) is 0 Å². The molecule has 1 aliphatic heterocycles. The van der Waals surface area contributed by atoms with Gasteiger partial charge in [-0.15, -0.1) is 11.8 Å². The number of ether oxygens (including phenoxy) is 2. The summed E-state index contributed by atoms with van der Waals surface area (Å²) in [6.45, 7) is 7.12. The van der Waals surface area contributed by atoms with Crippen LogP contribution in [0.4, 0.5) is 4.79 Å². The van der Waals surface area contributed by atoms with Crippen LogP contribution in [0.15, 0.2) is 33.7 Å². The molecular weight excluding hydrogens is 378 g/mol. The van der Waals surface area contributed by atoms with Gasteiger partial charge < -0.3 is 18.9 Å². The predicted molar refractivity (Wildman–Crippen MR) is 107 cm³/mol. The first kappa shape index (κ1) is 20.5. The van der Waals surface area contributed by atoms with Crippen LogP contribution in [0.2, 0.25) is 0 Å². The van der Waals surface area contributed by atoms with Crippen molar-refractivity contribution >= 4 is 17.9 Å². The Morgan fingerprint density at radius 1 is 1.25 bits per heavy atom. The molecule has 1 saturated heterocycles. The zero-order valence-corrected chi connectivity index (χ0v) is 17.6. The minimum absolute atomic E-state index is 0.154. The van der Waals surface area contributed by atoms with Crippen LogP contribution in [-0.2, 0) is 11.3 Å². The number of hydrogen-bond acceptors (Lipinski definition) is 7. The Hall–Kier alpha value is -2.22. The van der Waals surface area contributed by atoms with Gasteiger partial charge in [0.05, 0.1) is 0 Å². The van der Waals surface area contributed by atoms with Crippen molar-refractivity contribution in [3.63, 3.8) is 0 Å². The quantitative estimate of drug-likeness (QED) is 0.678. The van der Waals surface area contributed by atoms with Crippen molar-refractivity contribution in [3.8, 4) is 5.75 Å². The molecule has 8 heteroatoms. The van der Waals surface area contributed by atoms with Gasteiger partial charge in [-0.3, -0.25) is 0 Å². The maximum Gasteiger partial charge on any atom is 0.410 e. The van der Waals surface area contributed by atoms with Crippen LogP contribution in [0.25, 0.3) is 0 Å². The first-order chi connectivity index (χ1) is 13.3. The van der Waals surface area contributed by atoms with E-state index in [0.29, 0.717) is 24.8 Å². The van der Waals surface area contributed by atoms with E-state index >= 15 is 0 Å². The number of hydrogen-bond donors (Lipinski definition) is 0. The lowest BCUT2D eigenvalue weighted by molar-refractivity contribution is 0.0198. The molecule has 152 valence electrons. The highest BCUT2D eigenvalue weighted by molar-refractivity contribution is 7.98. The second-order valence-corrected chi connectivity index (χ2v) is 8.63. The molecule has 0 N–H and O–H groups in total. The molecule has 0 aliphatic carbocycles. The molecule has 0 bridgehead atoms. The predicted octanol–water partition coefficient (Wildman–Crippen LogP) is 4.49. The number of piperidine rings is 1. The van der Waals surface area contributed by atoms with Gasteiger partial charge in [0, 0.05) is 23.9 Å². The van der Waals surface area contributed by atoms with Crippen molar-refractivity contribution in [2.75, 3.05) is 19.3 Å². The zero-order valence-electron chi connectivity index (χ0n) is 16.8. The van der Waals surface area contributed by atoms with E-state index < -0.39 is 5.60 Å². The molecule has 28 heavy (non-hydrogen) atoms. The summed E-state index contributed by atoms with van der Waals surface area (Å²) < 4.78 is 16.6. The Bertz CT molecular complexity index is 777. The van der Waals surface area contributed by atoms with Gasteiger partial charge in [0.2, 0.25) is 11.7 Å². The van der Waals surface area contributed by atoms with Gasteiger partial charge in [-0.05, 0) is 64.1 Å². The van der Waals surface area contributed by atoms with Crippen molar-refractivity contribution in [1.82, 2.24) is 15.0 Å². The van der Waals surface area contributed by atoms with Crippen LogP contribution in [0.3, 0.4) is 0 Å². The van der Waals surface area contributed by atoms with E-state index in [1.165, 1.54) is 4.90 Å². The second-order valence-electron chi connectivity index (χ2n) is 7.75. The molecule has 0 unspecified atom stereocenters. The van der Waals surface area contributed by atoms with E-state index in [2.05, 4.69) is 10.1 Å². The summed E-state index contributed by atoms with van der Waals surface area (Å²) in [6, 6.07) is 7.89. The molecule has 1 amide bonds. The molecule has 7 nitrogen and oxygen atoms in total. The first-order valence-electron chi connectivity index (χ1n) is 9.41. The van der Waals surface area contributed by atoms with E-state index in [1.807, 2.05) is 51.3 Å². The second kappa shape index (κ2) is 8.86. The third-order valence-electron chi connectivity index (χ3n) is 4.41. The molecule has 1 aromatic heterocycles. The lowest BCUT2D eigenvalue weighted by Crippen LogP contribution is -2.41. The summed E-state index contributed by atoms with van der Waals surface area (Å²) >= 11 is 1.69.